The van der Waals surface area contributed by atoms with Gasteiger partial charge in [0.2, 0.25) is 0 Å². The Morgan fingerprint density at radius 1 is 0.382 bits per heavy atom. The summed E-state index contributed by atoms with van der Waals surface area (Å²) >= 11 is 0. The molecule has 0 aliphatic carbocycles. The molecular formula is C53H104O2. The van der Waals surface area contributed by atoms with Crippen LogP contribution in [0.25, 0.3) is 0 Å². The maximum atomic E-state index is 12.0. The second-order valence-electron chi connectivity index (χ2n) is 18.1. The van der Waals surface area contributed by atoms with E-state index in [0.717, 1.165) is 18.8 Å². The van der Waals surface area contributed by atoms with E-state index in [4.69, 9.17) is 4.74 Å². The molecule has 0 spiro atoms. The average Bonchev–Trinajstić information content (AvgIpc) is 3.19. The summed E-state index contributed by atoms with van der Waals surface area (Å²) in [5, 5.41) is 0. The Balaban J connectivity index is 3.16. The zero-order chi connectivity index (χ0) is 39.8. The van der Waals surface area contributed by atoms with Gasteiger partial charge in [0.25, 0.3) is 0 Å². The molecule has 2 nitrogen and oxygen atoms in total. The first kappa shape index (κ1) is 54.2. The second-order valence-corrected chi connectivity index (χ2v) is 18.1. The van der Waals surface area contributed by atoms with Gasteiger partial charge < -0.3 is 4.74 Å². The molecule has 0 aromatic carbocycles. The van der Waals surface area contributed by atoms with Crippen LogP contribution in [0.5, 0.6) is 0 Å². The highest BCUT2D eigenvalue weighted by molar-refractivity contribution is 5.69. The fourth-order valence-electron chi connectivity index (χ4n) is 8.17. The Labute approximate surface area is 348 Å². The lowest BCUT2D eigenvalue weighted by Gasteiger charge is -2.07. The van der Waals surface area contributed by atoms with Crippen molar-refractivity contribution in [3.05, 3.63) is 12.2 Å². The quantitative estimate of drug-likeness (QED) is 0.0350. The van der Waals surface area contributed by atoms with E-state index in [2.05, 4.69) is 32.9 Å². The van der Waals surface area contributed by atoms with Crippen LogP contribution in [0.3, 0.4) is 0 Å². The maximum Gasteiger partial charge on any atom is 0.305 e. The smallest absolute Gasteiger partial charge is 0.305 e. The van der Waals surface area contributed by atoms with Crippen molar-refractivity contribution in [3.8, 4) is 0 Å². The molecule has 0 N–H and O–H groups in total. The number of ether oxygens (including phenoxy) is 1. The van der Waals surface area contributed by atoms with Crippen LogP contribution >= 0.6 is 0 Å². The normalized spacial score (nSPS) is 12.3. The zero-order valence-electron chi connectivity index (χ0n) is 38.6. The van der Waals surface area contributed by atoms with Crippen molar-refractivity contribution in [2.24, 2.45) is 5.92 Å². The van der Waals surface area contributed by atoms with Gasteiger partial charge in [0.1, 0.15) is 0 Å². The molecule has 0 aliphatic heterocycles. The number of allylic oxidation sites excluding steroid dienone is 2. The van der Waals surface area contributed by atoms with Crippen molar-refractivity contribution in [2.45, 2.75) is 310 Å². The molecule has 0 saturated carbocycles. The molecule has 0 radical (unpaired) electrons. The Morgan fingerprint density at radius 3 is 1.02 bits per heavy atom. The zero-order valence-corrected chi connectivity index (χ0v) is 38.6. The number of carbonyl (C=O) groups is 1. The van der Waals surface area contributed by atoms with Gasteiger partial charge in [-0.25, -0.2) is 0 Å². The van der Waals surface area contributed by atoms with E-state index < -0.39 is 0 Å². The molecule has 2 heteroatoms. The molecule has 328 valence electrons. The molecule has 0 aromatic heterocycles. The first-order chi connectivity index (χ1) is 27.2. The summed E-state index contributed by atoms with van der Waals surface area (Å²) in [6.45, 7) is 7.64. The van der Waals surface area contributed by atoms with Crippen molar-refractivity contribution in [2.75, 3.05) is 6.61 Å². The number of rotatable bonds is 48. The molecule has 1 atom stereocenters. The molecule has 0 aliphatic rings. The first-order valence-corrected chi connectivity index (χ1v) is 26.0. The summed E-state index contributed by atoms with van der Waals surface area (Å²) in [5.41, 5.74) is 0. The van der Waals surface area contributed by atoms with Gasteiger partial charge in [0.05, 0.1) is 6.61 Å². The van der Waals surface area contributed by atoms with Crippen LogP contribution in [0, 0.1) is 5.92 Å². The van der Waals surface area contributed by atoms with Gasteiger partial charge >= 0.3 is 5.97 Å². The predicted molar refractivity (Wildman–Crippen MR) is 248 cm³/mol. The van der Waals surface area contributed by atoms with Crippen LogP contribution in [-0.2, 0) is 9.53 Å². The number of carbonyl (C=O) groups excluding carboxylic acids is 1. The molecule has 1 unspecified atom stereocenters. The summed E-state index contributed by atoms with van der Waals surface area (Å²) in [5.74, 6) is 0.967. The molecule has 55 heavy (non-hydrogen) atoms. The van der Waals surface area contributed by atoms with Gasteiger partial charge in [-0.1, -0.05) is 277 Å². The molecule has 0 amide bonds. The van der Waals surface area contributed by atoms with E-state index in [1.54, 1.807) is 0 Å². The second kappa shape index (κ2) is 49.4. The summed E-state index contributed by atoms with van der Waals surface area (Å²) < 4.78 is 5.49. The van der Waals surface area contributed by atoms with E-state index in [1.807, 2.05) is 0 Å². The van der Waals surface area contributed by atoms with Crippen molar-refractivity contribution in [3.63, 3.8) is 0 Å². The number of esters is 1. The van der Waals surface area contributed by atoms with E-state index in [1.165, 1.54) is 270 Å². The van der Waals surface area contributed by atoms with E-state index in [0.29, 0.717) is 13.0 Å². The standard InChI is InChI=1S/C53H104O2/c1-4-6-7-8-9-10-11-12-13-25-29-32-35-38-41-44-47-50-53(54)55-51-48-45-42-39-36-33-30-27-24-22-20-18-16-14-15-17-19-21-23-26-28-31-34-37-40-43-46-49-52(3)5-2/h10-11,52H,4-9,12-51H2,1-3H3. The minimum atomic E-state index is 0.0280. The Hall–Kier alpha value is -0.790. The topological polar surface area (TPSA) is 26.3 Å². The van der Waals surface area contributed by atoms with Gasteiger partial charge in [-0.2, -0.15) is 0 Å². The van der Waals surface area contributed by atoms with Gasteiger partial charge in [-0.3, -0.25) is 4.79 Å². The fourth-order valence-corrected chi connectivity index (χ4v) is 8.17. The number of hydrogen-bond acceptors (Lipinski definition) is 2. The summed E-state index contributed by atoms with van der Waals surface area (Å²) in [4.78, 5) is 12.0. The third-order valence-corrected chi connectivity index (χ3v) is 12.4. The molecular weight excluding hydrogens is 669 g/mol. The van der Waals surface area contributed by atoms with Crippen LogP contribution in [0.1, 0.15) is 310 Å². The highest BCUT2D eigenvalue weighted by atomic mass is 16.5. The summed E-state index contributed by atoms with van der Waals surface area (Å²) in [6, 6.07) is 0. The number of unbranched alkanes of at least 4 members (excludes halogenated alkanes) is 39. The van der Waals surface area contributed by atoms with Crippen molar-refractivity contribution >= 4 is 5.97 Å². The molecule has 0 aromatic rings. The first-order valence-electron chi connectivity index (χ1n) is 26.0. The molecule has 0 bridgehead atoms. The van der Waals surface area contributed by atoms with Crippen molar-refractivity contribution < 1.29 is 9.53 Å². The van der Waals surface area contributed by atoms with Gasteiger partial charge in [-0.05, 0) is 44.4 Å². The van der Waals surface area contributed by atoms with Crippen LogP contribution < -0.4 is 0 Å². The Bertz CT molecular complexity index is 728. The van der Waals surface area contributed by atoms with E-state index >= 15 is 0 Å². The average molecular weight is 773 g/mol. The fraction of sp³-hybridized carbons (Fsp3) is 0.943. The van der Waals surface area contributed by atoms with Gasteiger partial charge in [-0.15, -0.1) is 0 Å². The van der Waals surface area contributed by atoms with Crippen LogP contribution in [0.4, 0.5) is 0 Å². The molecule has 0 rings (SSSR count). The van der Waals surface area contributed by atoms with Crippen LogP contribution in [0.2, 0.25) is 0 Å². The molecule has 0 saturated heterocycles. The van der Waals surface area contributed by atoms with Crippen LogP contribution in [0.15, 0.2) is 12.2 Å². The third kappa shape index (κ3) is 49.3. The summed E-state index contributed by atoms with van der Waals surface area (Å²) in [7, 11) is 0. The third-order valence-electron chi connectivity index (χ3n) is 12.4. The number of hydrogen-bond donors (Lipinski definition) is 0. The lowest BCUT2D eigenvalue weighted by molar-refractivity contribution is -0.143. The minimum absolute atomic E-state index is 0.0280. The highest BCUT2D eigenvalue weighted by Crippen LogP contribution is 2.18. The van der Waals surface area contributed by atoms with Crippen molar-refractivity contribution in [1.82, 2.24) is 0 Å². The van der Waals surface area contributed by atoms with Gasteiger partial charge in [0, 0.05) is 6.42 Å². The SMILES string of the molecule is CCCCCCC=CCCCCCCCCCCCC(=O)OCCCCCCCCCCCCCCCCCCCCCCCCCCCCCC(C)CC. The Kier molecular flexibility index (Phi) is 48.6. The molecule has 0 fully saturated rings. The lowest BCUT2D eigenvalue weighted by atomic mass is 9.99. The maximum absolute atomic E-state index is 12.0. The monoisotopic (exact) mass is 773 g/mol. The molecule has 0 heterocycles. The Morgan fingerprint density at radius 2 is 0.673 bits per heavy atom. The van der Waals surface area contributed by atoms with Crippen LogP contribution in [-0.4, -0.2) is 12.6 Å². The predicted octanol–water partition coefficient (Wildman–Crippen LogP) is 19.3. The summed E-state index contributed by atoms with van der Waals surface area (Å²) in [6.07, 6.45) is 66.4. The van der Waals surface area contributed by atoms with Gasteiger partial charge in [0.15, 0.2) is 0 Å². The lowest BCUT2D eigenvalue weighted by Crippen LogP contribution is -2.05. The van der Waals surface area contributed by atoms with E-state index in [9.17, 15) is 4.79 Å². The largest absolute Gasteiger partial charge is 0.466 e. The minimum Gasteiger partial charge on any atom is -0.466 e. The van der Waals surface area contributed by atoms with E-state index in [-0.39, 0.29) is 5.97 Å². The highest BCUT2D eigenvalue weighted by Gasteiger charge is 2.03. The van der Waals surface area contributed by atoms with Crippen molar-refractivity contribution in [1.29, 1.82) is 0 Å².